The van der Waals surface area contributed by atoms with Crippen LogP contribution in [-0.4, -0.2) is 57.3 Å². The van der Waals surface area contributed by atoms with Crippen LogP contribution >= 0.6 is 0 Å². The van der Waals surface area contributed by atoms with Gasteiger partial charge in [-0.25, -0.2) is 9.97 Å². The Labute approximate surface area is 185 Å². The lowest BCUT2D eigenvalue weighted by Gasteiger charge is -2.24. The molecule has 1 aliphatic heterocycles. The molecule has 0 saturated carbocycles. The van der Waals surface area contributed by atoms with E-state index in [0.717, 1.165) is 23.0 Å². The van der Waals surface area contributed by atoms with Crippen molar-refractivity contribution in [1.82, 2.24) is 25.1 Å². The summed E-state index contributed by atoms with van der Waals surface area (Å²) in [6.07, 6.45) is 6.03. The van der Waals surface area contributed by atoms with E-state index in [1.165, 1.54) is 5.56 Å². The summed E-state index contributed by atoms with van der Waals surface area (Å²) < 4.78 is 5.85. The number of carbonyl (C=O) groups is 1. The maximum Gasteiger partial charge on any atom is 0.254 e. The molecule has 5 rings (SSSR count). The number of aromatic amines is 1. The van der Waals surface area contributed by atoms with Crippen LogP contribution in [0.4, 0.5) is 11.6 Å². The summed E-state index contributed by atoms with van der Waals surface area (Å²) in [5.74, 6) is 0.703. The Kier molecular flexibility index (Phi) is 5.76. The zero-order valence-corrected chi connectivity index (χ0v) is 17.6. The minimum Gasteiger partial charge on any atom is -0.379 e. The van der Waals surface area contributed by atoms with Gasteiger partial charge in [0.15, 0.2) is 0 Å². The molecule has 1 fully saturated rings. The molecule has 32 heavy (non-hydrogen) atoms. The van der Waals surface area contributed by atoms with E-state index in [4.69, 9.17) is 4.74 Å². The number of carbonyl (C=O) groups excluding carboxylic acids is 1. The van der Waals surface area contributed by atoms with Gasteiger partial charge in [-0.2, -0.15) is 5.10 Å². The van der Waals surface area contributed by atoms with Crippen LogP contribution in [0.3, 0.4) is 0 Å². The van der Waals surface area contributed by atoms with Crippen LogP contribution in [0, 0.1) is 5.92 Å². The SMILES string of the molecule is O=C(c1cccc(Nc2ncccn2)c1)N1CCOC[C@H](Cc2cccc3[nH]ncc23)C1. The standard InChI is InChI=1S/C24H24N6O2/c31-23(19-5-1-6-20(13-19)28-24-25-8-3-9-26-24)30-10-11-32-16-17(15-30)12-18-4-2-7-22-21(18)14-27-29-22/h1-9,13-14,17H,10-12,15-16H2,(H,27,29)(H,25,26,28)/t17-/m1/s1. The molecule has 2 N–H and O–H groups in total. The Morgan fingerprint density at radius 1 is 1.16 bits per heavy atom. The summed E-state index contributed by atoms with van der Waals surface area (Å²) in [7, 11) is 0. The lowest BCUT2D eigenvalue weighted by Crippen LogP contribution is -2.36. The van der Waals surface area contributed by atoms with Crippen molar-refractivity contribution < 1.29 is 9.53 Å². The first-order chi connectivity index (χ1) is 15.8. The molecule has 2 aromatic carbocycles. The highest BCUT2D eigenvalue weighted by atomic mass is 16.5. The van der Waals surface area contributed by atoms with E-state index < -0.39 is 0 Å². The number of rotatable bonds is 5. The Hall–Kier alpha value is -3.78. The Morgan fingerprint density at radius 3 is 2.94 bits per heavy atom. The number of nitrogens with zero attached hydrogens (tertiary/aromatic N) is 4. The minimum atomic E-state index is -0.000324. The lowest BCUT2D eigenvalue weighted by atomic mass is 9.97. The van der Waals surface area contributed by atoms with Gasteiger partial charge in [0.25, 0.3) is 5.91 Å². The van der Waals surface area contributed by atoms with Crippen molar-refractivity contribution in [3.05, 3.63) is 78.2 Å². The number of nitrogens with one attached hydrogen (secondary N) is 2. The fourth-order valence-corrected chi connectivity index (χ4v) is 4.11. The Balaban J connectivity index is 1.31. The predicted octanol–water partition coefficient (Wildman–Crippen LogP) is 3.43. The van der Waals surface area contributed by atoms with E-state index in [-0.39, 0.29) is 11.8 Å². The van der Waals surface area contributed by atoms with Crippen LogP contribution in [-0.2, 0) is 11.2 Å². The first-order valence-corrected chi connectivity index (χ1v) is 10.7. The molecule has 0 radical (unpaired) electrons. The van der Waals surface area contributed by atoms with E-state index in [2.05, 4.69) is 31.5 Å². The van der Waals surface area contributed by atoms with Gasteiger partial charge in [-0.3, -0.25) is 9.89 Å². The Bertz CT molecular complexity index is 1210. The van der Waals surface area contributed by atoms with Gasteiger partial charge < -0.3 is 15.0 Å². The molecule has 3 heterocycles. The van der Waals surface area contributed by atoms with Crippen LogP contribution in [0.1, 0.15) is 15.9 Å². The van der Waals surface area contributed by atoms with Gasteiger partial charge in [-0.1, -0.05) is 18.2 Å². The third-order valence-electron chi connectivity index (χ3n) is 5.64. The first-order valence-electron chi connectivity index (χ1n) is 10.7. The highest BCUT2D eigenvalue weighted by Gasteiger charge is 2.24. The third kappa shape index (κ3) is 4.45. The maximum atomic E-state index is 13.3. The quantitative estimate of drug-likeness (QED) is 0.506. The number of hydrogen-bond acceptors (Lipinski definition) is 6. The number of hydrogen-bond donors (Lipinski definition) is 2. The molecule has 0 aliphatic carbocycles. The van der Waals surface area contributed by atoms with E-state index in [1.807, 2.05) is 47.5 Å². The summed E-state index contributed by atoms with van der Waals surface area (Å²) in [5.41, 5.74) is 3.64. The van der Waals surface area contributed by atoms with Crippen molar-refractivity contribution in [3.8, 4) is 0 Å². The zero-order chi connectivity index (χ0) is 21.8. The summed E-state index contributed by atoms with van der Waals surface area (Å²) in [4.78, 5) is 23.6. The molecule has 1 aliphatic rings. The molecular formula is C24H24N6O2. The van der Waals surface area contributed by atoms with Crippen LogP contribution in [0.5, 0.6) is 0 Å². The van der Waals surface area contributed by atoms with Crippen molar-refractivity contribution >= 4 is 28.4 Å². The smallest absolute Gasteiger partial charge is 0.254 e. The molecule has 0 bridgehead atoms. The van der Waals surface area contributed by atoms with E-state index in [9.17, 15) is 4.79 Å². The Morgan fingerprint density at radius 2 is 2.03 bits per heavy atom. The summed E-state index contributed by atoms with van der Waals surface area (Å²) in [6, 6.07) is 15.4. The molecule has 2 aromatic heterocycles. The number of anilines is 2. The van der Waals surface area contributed by atoms with Crippen LogP contribution in [0.25, 0.3) is 10.9 Å². The third-order valence-corrected chi connectivity index (χ3v) is 5.64. The van der Waals surface area contributed by atoms with Crippen molar-refractivity contribution in [2.24, 2.45) is 5.92 Å². The molecule has 4 aromatic rings. The minimum absolute atomic E-state index is 0.000324. The maximum absolute atomic E-state index is 13.3. The molecular weight excluding hydrogens is 404 g/mol. The van der Waals surface area contributed by atoms with Gasteiger partial charge in [0.05, 0.1) is 24.9 Å². The molecule has 0 unspecified atom stereocenters. The van der Waals surface area contributed by atoms with Gasteiger partial charge >= 0.3 is 0 Å². The van der Waals surface area contributed by atoms with Gasteiger partial charge in [-0.15, -0.1) is 0 Å². The number of aromatic nitrogens is 4. The van der Waals surface area contributed by atoms with E-state index in [0.29, 0.717) is 37.8 Å². The fourth-order valence-electron chi connectivity index (χ4n) is 4.11. The molecule has 1 saturated heterocycles. The molecule has 8 nitrogen and oxygen atoms in total. The molecule has 162 valence electrons. The fraction of sp³-hybridized carbons (Fsp3) is 0.250. The van der Waals surface area contributed by atoms with Crippen LogP contribution < -0.4 is 5.32 Å². The second-order valence-corrected chi connectivity index (χ2v) is 7.92. The highest BCUT2D eigenvalue weighted by Crippen LogP contribution is 2.22. The molecule has 1 atom stereocenters. The topological polar surface area (TPSA) is 96.0 Å². The van der Waals surface area contributed by atoms with E-state index >= 15 is 0 Å². The summed E-state index contributed by atoms with van der Waals surface area (Å²) >= 11 is 0. The number of benzene rings is 2. The average Bonchev–Trinajstić information content (AvgIpc) is 3.19. The second-order valence-electron chi connectivity index (χ2n) is 7.92. The monoisotopic (exact) mass is 428 g/mol. The second kappa shape index (κ2) is 9.15. The number of H-pyrrole nitrogens is 1. The first kappa shape index (κ1) is 20.1. The van der Waals surface area contributed by atoms with E-state index in [1.54, 1.807) is 18.5 Å². The average molecular weight is 428 g/mol. The number of fused-ring (bicyclic) bond motifs is 1. The summed E-state index contributed by atoms with van der Waals surface area (Å²) in [5, 5.41) is 11.4. The van der Waals surface area contributed by atoms with Crippen molar-refractivity contribution in [2.45, 2.75) is 6.42 Å². The van der Waals surface area contributed by atoms with Crippen molar-refractivity contribution in [3.63, 3.8) is 0 Å². The van der Waals surface area contributed by atoms with Crippen molar-refractivity contribution in [1.29, 1.82) is 0 Å². The summed E-state index contributed by atoms with van der Waals surface area (Å²) in [6.45, 7) is 2.39. The van der Waals surface area contributed by atoms with Crippen LogP contribution in [0.2, 0.25) is 0 Å². The molecule has 0 spiro atoms. The van der Waals surface area contributed by atoms with Gasteiger partial charge in [0.2, 0.25) is 5.95 Å². The number of ether oxygens (including phenoxy) is 1. The van der Waals surface area contributed by atoms with Gasteiger partial charge in [-0.05, 0) is 42.3 Å². The highest BCUT2D eigenvalue weighted by molar-refractivity contribution is 5.95. The zero-order valence-electron chi connectivity index (χ0n) is 17.6. The predicted molar refractivity (Wildman–Crippen MR) is 122 cm³/mol. The van der Waals surface area contributed by atoms with Gasteiger partial charge in [0, 0.05) is 48.0 Å². The largest absolute Gasteiger partial charge is 0.379 e. The molecule has 1 amide bonds. The van der Waals surface area contributed by atoms with Crippen LogP contribution in [0.15, 0.2) is 67.1 Å². The van der Waals surface area contributed by atoms with Crippen molar-refractivity contribution in [2.75, 3.05) is 31.6 Å². The number of amides is 1. The lowest BCUT2D eigenvalue weighted by molar-refractivity contribution is 0.0737. The van der Waals surface area contributed by atoms with Gasteiger partial charge in [0.1, 0.15) is 0 Å². The molecule has 8 heteroatoms. The normalized spacial score (nSPS) is 16.6.